The Kier molecular flexibility index (Phi) is 1.34. The van der Waals surface area contributed by atoms with Gasteiger partial charge in [0.25, 0.3) is 0 Å². The fourth-order valence-electron chi connectivity index (χ4n) is 1.47. The van der Waals surface area contributed by atoms with Gasteiger partial charge in [0, 0.05) is 27.7 Å². The van der Waals surface area contributed by atoms with Gasteiger partial charge in [0.15, 0.2) is 0 Å². The second kappa shape index (κ2) is 2.50. The standard InChI is InChI=1S/C10H6N2S/c1-2-7-8-5-13-6-10(8)12-4-9(7)11-3-1/h1-6H. The lowest BCUT2D eigenvalue weighted by molar-refractivity contribution is 1.36. The molecule has 0 N–H and O–H groups in total. The Labute approximate surface area is 78.9 Å². The van der Waals surface area contributed by atoms with Crippen LogP contribution in [-0.2, 0) is 0 Å². The summed E-state index contributed by atoms with van der Waals surface area (Å²) in [5, 5.41) is 6.57. The van der Waals surface area contributed by atoms with Crippen LogP contribution in [0.1, 0.15) is 0 Å². The minimum atomic E-state index is 0.966. The molecule has 0 unspecified atom stereocenters. The van der Waals surface area contributed by atoms with E-state index in [0.29, 0.717) is 0 Å². The van der Waals surface area contributed by atoms with Crippen LogP contribution >= 0.6 is 11.3 Å². The molecule has 3 rings (SSSR count). The molecule has 62 valence electrons. The average Bonchev–Trinajstić information content (AvgIpc) is 2.65. The predicted octanol–water partition coefficient (Wildman–Crippen LogP) is 2.84. The van der Waals surface area contributed by atoms with Crippen LogP contribution in [0.15, 0.2) is 35.3 Å². The van der Waals surface area contributed by atoms with Crippen molar-refractivity contribution in [1.82, 2.24) is 9.97 Å². The third kappa shape index (κ3) is 0.939. The smallest absolute Gasteiger partial charge is 0.0891 e. The van der Waals surface area contributed by atoms with Gasteiger partial charge in [0.2, 0.25) is 0 Å². The molecular formula is C10H6N2S. The van der Waals surface area contributed by atoms with Gasteiger partial charge in [-0.05, 0) is 6.07 Å². The van der Waals surface area contributed by atoms with E-state index in [9.17, 15) is 0 Å². The molecule has 0 aliphatic heterocycles. The number of hydrogen-bond acceptors (Lipinski definition) is 3. The van der Waals surface area contributed by atoms with Crippen molar-refractivity contribution in [2.45, 2.75) is 0 Å². The molecule has 0 aromatic carbocycles. The summed E-state index contributed by atoms with van der Waals surface area (Å²) in [6.45, 7) is 0. The van der Waals surface area contributed by atoms with Crippen molar-refractivity contribution in [1.29, 1.82) is 0 Å². The van der Waals surface area contributed by atoms with Crippen LogP contribution < -0.4 is 0 Å². The maximum absolute atomic E-state index is 4.32. The molecular weight excluding hydrogens is 180 g/mol. The number of pyridine rings is 2. The topological polar surface area (TPSA) is 25.8 Å². The number of rotatable bonds is 0. The van der Waals surface area contributed by atoms with Crippen LogP contribution in [0.2, 0.25) is 0 Å². The molecule has 0 saturated heterocycles. The van der Waals surface area contributed by atoms with Gasteiger partial charge >= 0.3 is 0 Å². The van der Waals surface area contributed by atoms with E-state index in [4.69, 9.17) is 0 Å². The van der Waals surface area contributed by atoms with Crippen molar-refractivity contribution in [2.24, 2.45) is 0 Å². The fourth-order valence-corrected chi connectivity index (χ4v) is 2.24. The molecule has 0 radical (unpaired) electrons. The van der Waals surface area contributed by atoms with Gasteiger partial charge in [-0.15, -0.1) is 11.3 Å². The summed E-state index contributed by atoms with van der Waals surface area (Å²) in [5.41, 5.74) is 2.03. The van der Waals surface area contributed by atoms with Gasteiger partial charge in [0.05, 0.1) is 17.2 Å². The van der Waals surface area contributed by atoms with Gasteiger partial charge < -0.3 is 0 Å². The Bertz CT molecular complexity index is 571. The van der Waals surface area contributed by atoms with Crippen molar-refractivity contribution in [3.8, 4) is 0 Å². The maximum atomic E-state index is 4.32. The molecule has 3 aromatic heterocycles. The SMILES string of the molecule is c1cnc2cnc3cscc3c2c1. The zero-order valence-corrected chi connectivity index (χ0v) is 7.58. The minimum absolute atomic E-state index is 0.966. The molecule has 0 amide bonds. The van der Waals surface area contributed by atoms with Crippen molar-refractivity contribution in [3.63, 3.8) is 0 Å². The lowest BCUT2D eigenvalue weighted by Crippen LogP contribution is -1.80. The van der Waals surface area contributed by atoms with Crippen LogP contribution in [0, 0.1) is 0 Å². The lowest BCUT2D eigenvalue weighted by atomic mass is 10.2. The van der Waals surface area contributed by atoms with E-state index >= 15 is 0 Å². The van der Waals surface area contributed by atoms with E-state index in [0.717, 1.165) is 11.0 Å². The highest BCUT2D eigenvalue weighted by molar-refractivity contribution is 7.09. The summed E-state index contributed by atoms with van der Waals surface area (Å²) in [4.78, 5) is 8.57. The second-order valence-corrected chi connectivity index (χ2v) is 3.61. The quantitative estimate of drug-likeness (QED) is 0.539. The Balaban J connectivity index is 2.65. The van der Waals surface area contributed by atoms with E-state index in [2.05, 4.69) is 26.8 Å². The molecule has 0 aliphatic rings. The number of fused-ring (bicyclic) bond motifs is 3. The third-order valence-electron chi connectivity index (χ3n) is 2.10. The lowest BCUT2D eigenvalue weighted by Gasteiger charge is -1.96. The molecule has 0 saturated carbocycles. The van der Waals surface area contributed by atoms with Crippen LogP contribution in [0.5, 0.6) is 0 Å². The first-order valence-electron chi connectivity index (χ1n) is 4.01. The summed E-state index contributed by atoms with van der Waals surface area (Å²) >= 11 is 1.68. The molecule has 0 atom stereocenters. The van der Waals surface area contributed by atoms with Gasteiger partial charge in [-0.3, -0.25) is 9.97 Å². The van der Waals surface area contributed by atoms with Gasteiger partial charge in [-0.2, -0.15) is 0 Å². The highest BCUT2D eigenvalue weighted by Crippen LogP contribution is 2.24. The zero-order chi connectivity index (χ0) is 8.67. The molecule has 0 bridgehead atoms. The molecule has 2 nitrogen and oxygen atoms in total. The molecule has 0 fully saturated rings. The molecule has 0 spiro atoms. The molecule has 13 heavy (non-hydrogen) atoms. The van der Waals surface area contributed by atoms with E-state index in [1.54, 1.807) is 17.5 Å². The predicted molar refractivity (Wildman–Crippen MR) is 54.9 cm³/mol. The van der Waals surface area contributed by atoms with Crippen molar-refractivity contribution in [3.05, 3.63) is 35.3 Å². The number of nitrogens with zero attached hydrogens (tertiary/aromatic N) is 2. The summed E-state index contributed by atoms with van der Waals surface area (Å²) in [7, 11) is 0. The first-order valence-corrected chi connectivity index (χ1v) is 4.95. The van der Waals surface area contributed by atoms with Crippen LogP contribution in [0.25, 0.3) is 21.8 Å². The number of thiophene rings is 1. The highest BCUT2D eigenvalue weighted by Gasteiger charge is 2.01. The summed E-state index contributed by atoms with van der Waals surface area (Å²) in [6.07, 6.45) is 3.62. The normalized spacial score (nSPS) is 11.1. The molecule has 3 aromatic rings. The molecule has 3 heteroatoms. The zero-order valence-electron chi connectivity index (χ0n) is 6.77. The fraction of sp³-hybridized carbons (Fsp3) is 0. The number of hydrogen-bond donors (Lipinski definition) is 0. The first kappa shape index (κ1) is 6.97. The highest BCUT2D eigenvalue weighted by atomic mass is 32.1. The maximum Gasteiger partial charge on any atom is 0.0891 e. The summed E-state index contributed by atoms with van der Waals surface area (Å²) in [6, 6.07) is 4.04. The van der Waals surface area contributed by atoms with Crippen LogP contribution in [-0.4, -0.2) is 9.97 Å². The van der Waals surface area contributed by atoms with Crippen molar-refractivity contribution in [2.75, 3.05) is 0 Å². The van der Waals surface area contributed by atoms with E-state index < -0.39 is 0 Å². The van der Waals surface area contributed by atoms with Crippen molar-refractivity contribution >= 4 is 33.1 Å². The second-order valence-electron chi connectivity index (χ2n) is 2.87. The average molecular weight is 186 g/mol. The van der Waals surface area contributed by atoms with Gasteiger partial charge in [0.1, 0.15) is 0 Å². The Morgan fingerprint density at radius 1 is 1.00 bits per heavy atom. The molecule has 3 heterocycles. The van der Waals surface area contributed by atoms with E-state index in [-0.39, 0.29) is 0 Å². The van der Waals surface area contributed by atoms with Gasteiger partial charge in [-0.1, -0.05) is 6.07 Å². The van der Waals surface area contributed by atoms with E-state index in [1.165, 1.54) is 10.8 Å². The summed E-state index contributed by atoms with van der Waals surface area (Å²) < 4.78 is 0. The first-order chi connectivity index (χ1) is 6.45. The largest absolute Gasteiger partial charge is 0.255 e. The monoisotopic (exact) mass is 186 g/mol. The Hall–Kier alpha value is -1.48. The van der Waals surface area contributed by atoms with Crippen LogP contribution in [0.4, 0.5) is 0 Å². The Morgan fingerprint density at radius 3 is 3.00 bits per heavy atom. The van der Waals surface area contributed by atoms with E-state index in [1.807, 2.05) is 12.3 Å². The summed E-state index contributed by atoms with van der Waals surface area (Å²) in [5.74, 6) is 0. The minimum Gasteiger partial charge on any atom is -0.255 e. The third-order valence-corrected chi connectivity index (χ3v) is 2.83. The number of aromatic nitrogens is 2. The van der Waals surface area contributed by atoms with Crippen molar-refractivity contribution < 1.29 is 0 Å². The van der Waals surface area contributed by atoms with Gasteiger partial charge in [-0.25, -0.2) is 0 Å². The molecule has 0 aliphatic carbocycles. The van der Waals surface area contributed by atoms with Crippen LogP contribution in [0.3, 0.4) is 0 Å². The Morgan fingerprint density at radius 2 is 2.00 bits per heavy atom.